The van der Waals surface area contributed by atoms with Crippen molar-refractivity contribution in [2.75, 3.05) is 33.9 Å². The Hall–Kier alpha value is -0.650. The molecule has 2 saturated carbocycles. The summed E-state index contributed by atoms with van der Waals surface area (Å²) in [5.74, 6) is 0.224. The van der Waals surface area contributed by atoms with E-state index in [0.29, 0.717) is 25.1 Å². The second-order valence-electron chi connectivity index (χ2n) is 5.76. The number of nitrogens with zero attached hydrogens (tertiary/aromatic N) is 1. The zero-order valence-electron chi connectivity index (χ0n) is 11.4. The Kier molecular flexibility index (Phi) is 4.25. The summed E-state index contributed by atoms with van der Waals surface area (Å²) in [6, 6.07) is 0.494. The van der Waals surface area contributed by atoms with E-state index in [4.69, 9.17) is 10.5 Å². The van der Waals surface area contributed by atoms with Crippen molar-refractivity contribution in [2.24, 2.45) is 11.7 Å². The molecule has 1 unspecified atom stereocenters. The number of primary amides is 1. The first-order chi connectivity index (χ1) is 8.58. The van der Waals surface area contributed by atoms with Crippen molar-refractivity contribution >= 4 is 5.91 Å². The van der Waals surface area contributed by atoms with Gasteiger partial charge in [-0.3, -0.25) is 10.1 Å². The molecular formula is C13H25N3O2. The molecule has 0 radical (unpaired) electrons. The SMILES string of the molecule is COCCN(C)CC(NC1CC1)(C(N)=O)C1CC1. The third-order valence-electron chi connectivity index (χ3n) is 3.95. The van der Waals surface area contributed by atoms with Gasteiger partial charge in [-0.15, -0.1) is 0 Å². The molecule has 0 aromatic carbocycles. The zero-order chi connectivity index (χ0) is 13.2. The van der Waals surface area contributed by atoms with Crippen LogP contribution in [-0.2, 0) is 9.53 Å². The molecule has 2 aliphatic carbocycles. The van der Waals surface area contributed by atoms with Crippen LogP contribution in [0.5, 0.6) is 0 Å². The van der Waals surface area contributed by atoms with Crippen LogP contribution in [0, 0.1) is 5.92 Å². The molecule has 0 aromatic rings. The quantitative estimate of drug-likeness (QED) is 0.606. The highest BCUT2D eigenvalue weighted by Gasteiger charge is 2.52. The van der Waals surface area contributed by atoms with Crippen molar-refractivity contribution in [2.45, 2.75) is 37.3 Å². The van der Waals surface area contributed by atoms with Crippen molar-refractivity contribution in [3.05, 3.63) is 0 Å². The monoisotopic (exact) mass is 255 g/mol. The van der Waals surface area contributed by atoms with Crippen molar-refractivity contribution < 1.29 is 9.53 Å². The van der Waals surface area contributed by atoms with Crippen LogP contribution in [0.1, 0.15) is 25.7 Å². The summed E-state index contributed by atoms with van der Waals surface area (Å²) in [6.07, 6.45) is 4.56. The molecule has 0 aliphatic heterocycles. The normalized spacial score (nSPS) is 23.1. The Morgan fingerprint density at radius 3 is 2.56 bits per heavy atom. The fourth-order valence-electron chi connectivity index (χ4n) is 2.56. The molecule has 0 aromatic heterocycles. The van der Waals surface area contributed by atoms with E-state index < -0.39 is 5.54 Å². The van der Waals surface area contributed by atoms with Crippen LogP contribution in [-0.4, -0.2) is 56.2 Å². The summed E-state index contributed by atoms with van der Waals surface area (Å²) in [5, 5.41) is 3.52. The van der Waals surface area contributed by atoms with E-state index >= 15 is 0 Å². The number of carbonyl (C=O) groups excluding carboxylic acids is 1. The van der Waals surface area contributed by atoms with Crippen molar-refractivity contribution in [3.63, 3.8) is 0 Å². The Labute approximate surface area is 109 Å². The maximum Gasteiger partial charge on any atom is 0.239 e. The fourth-order valence-corrected chi connectivity index (χ4v) is 2.56. The Morgan fingerprint density at radius 1 is 1.44 bits per heavy atom. The van der Waals surface area contributed by atoms with Crippen LogP contribution in [0.3, 0.4) is 0 Å². The minimum Gasteiger partial charge on any atom is -0.383 e. The summed E-state index contributed by atoms with van der Waals surface area (Å²) in [4.78, 5) is 14.1. The van der Waals surface area contributed by atoms with Crippen molar-refractivity contribution in [1.29, 1.82) is 0 Å². The predicted molar refractivity (Wildman–Crippen MR) is 70.2 cm³/mol. The van der Waals surface area contributed by atoms with Crippen molar-refractivity contribution in [1.82, 2.24) is 10.2 Å². The third-order valence-corrected chi connectivity index (χ3v) is 3.95. The van der Waals surface area contributed by atoms with Gasteiger partial charge in [0, 0.05) is 26.2 Å². The highest BCUT2D eigenvalue weighted by Crippen LogP contribution is 2.41. The first-order valence-corrected chi connectivity index (χ1v) is 6.83. The van der Waals surface area contributed by atoms with Gasteiger partial charge in [0.2, 0.25) is 5.91 Å². The summed E-state index contributed by atoms with van der Waals surface area (Å²) in [5.41, 5.74) is 5.18. The number of ether oxygens (including phenoxy) is 1. The molecule has 2 rings (SSSR count). The average molecular weight is 255 g/mol. The summed E-state index contributed by atoms with van der Waals surface area (Å²) in [7, 11) is 3.71. The molecule has 1 atom stereocenters. The molecule has 0 saturated heterocycles. The largest absolute Gasteiger partial charge is 0.383 e. The fraction of sp³-hybridized carbons (Fsp3) is 0.923. The van der Waals surface area contributed by atoms with Crippen LogP contribution < -0.4 is 11.1 Å². The van der Waals surface area contributed by atoms with Gasteiger partial charge in [-0.25, -0.2) is 0 Å². The Balaban J connectivity index is 1.99. The van der Waals surface area contributed by atoms with E-state index in [-0.39, 0.29) is 5.91 Å². The van der Waals surface area contributed by atoms with Gasteiger partial charge >= 0.3 is 0 Å². The second kappa shape index (κ2) is 5.55. The number of likely N-dealkylation sites (N-methyl/N-ethyl adjacent to an activating group) is 1. The van der Waals surface area contributed by atoms with Crippen LogP contribution in [0.4, 0.5) is 0 Å². The Morgan fingerprint density at radius 2 is 2.11 bits per heavy atom. The van der Waals surface area contributed by atoms with Gasteiger partial charge in [0.15, 0.2) is 0 Å². The first-order valence-electron chi connectivity index (χ1n) is 6.83. The maximum absolute atomic E-state index is 12.0. The lowest BCUT2D eigenvalue weighted by molar-refractivity contribution is -0.126. The molecular weight excluding hydrogens is 230 g/mol. The molecule has 18 heavy (non-hydrogen) atoms. The van der Waals surface area contributed by atoms with E-state index in [1.54, 1.807) is 7.11 Å². The van der Waals surface area contributed by atoms with Gasteiger partial charge in [-0.2, -0.15) is 0 Å². The summed E-state index contributed by atoms with van der Waals surface area (Å²) in [6.45, 7) is 2.19. The lowest BCUT2D eigenvalue weighted by Crippen LogP contribution is -2.63. The number of nitrogens with one attached hydrogen (secondary N) is 1. The predicted octanol–water partition coefficient (Wildman–Crippen LogP) is -0.0493. The van der Waals surface area contributed by atoms with E-state index in [2.05, 4.69) is 10.2 Å². The Bertz CT molecular complexity index is 303. The third kappa shape index (κ3) is 3.22. The summed E-state index contributed by atoms with van der Waals surface area (Å²) < 4.78 is 5.08. The molecule has 5 heteroatoms. The number of nitrogens with two attached hydrogens (primary N) is 1. The van der Waals surface area contributed by atoms with E-state index in [1.807, 2.05) is 7.05 Å². The lowest BCUT2D eigenvalue weighted by atomic mass is 9.91. The molecule has 0 heterocycles. The molecule has 5 nitrogen and oxygen atoms in total. The van der Waals surface area contributed by atoms with E-state index in [0.717, 1.165) is 19.4 Å². The topological polar surface area (TPSA) is 67.6 Å². The molecule has 1 amide bonds. The number of carbonyl (C=O) groups is 1. The zero-order valence-corrected chi connectivity index (χ0v) is 11.4. The number of amides is 1. The summed E-state index contributed by atoms with van der Waals surface area (Å²) >= 11 is 0. The van der Waals surface area contributed by atoms with Gasteiger partial charge < -0.3 is 15.4 Å². The van der Waals surface area contributed by atoms with Crippen LogP contribution in [0.15, 0.2) is 0 Å². The number of hydrogen-bond acceptors (Lipinski definition) is 4. The molecule has 2 aliphatic rings. The van der Waals surface area contributed by atoms with Crippen LogP contribution in [0.2, 0.25) is 0 Å². The molecule has 104 valence electrons. The van der Waals surface area contributed by atoms with Gasteiger partial charge in [-0.1, -0.05) is 0 Å². The van der Waals surface area contributed by atoms with Gasteiger partial charge in [0.1, 0.15) is 5.54 Å². The van der Waals surface area contributed by atoms with Gasteiger partial charge in [0.25, 0.3) is 0 Å². The maximum atomic E-state index is 12.0. The highest BCUT2D eigenvalue weighted by molar-refractivity contribution is 5.86. The average Bonchev–Trinajstić information content (AvgIpc) is 3.14. The minimum absolute atomic E-state index is 0.193. The van der Waals surface area contributed by atoms with Crippen LogP contribution >= 0.6 is 0 Å². The molecule has 3 N–H and O–H groups in total. The van der Waals surface area contributed by atoms with Gasteiger partial charge in [0.05, 0.1) is 6.61 Å². The number of rotatable bonds is 9. The smallest absolute Gasteiger partial charge is 0.239 e. The van der Waals surface area contributed by atoms with E-state index in [9.17, 15) is 4.79 Å². The molecule has 2 fully saturated rings. The number of hydrogen-bond donors (Lipinski definition) is 2. The van der Waals surface area contributed by atoms with Crippen molar-refractivity contribution in [3.8, 4) is 0 Å². The van der Waals surface area contributed by atoms with Gasteiger partial charge in [-0.05, 0) is 38.6 Å². The first kappa shape index (κ1) is 13.8. The lowest BCUT2D eigenvalue weighted by Gasteiger charge is -2.36. The standard InChI is InChI=1S/C13H25N3O2/c1-16(7-8-18-2)9-13(12(14)17,10-3-4-10)15-11-5-6-11/h10-11,15H,3-9H2,1-2H3,(H2,14,17). The highest BCUT2D eigenvalue weighted by atomic mass is 16.5. The molecule has 0 bridgehead atoms. The van der Waals surface area contributed by atoms with Crippen LogP contribution in [0.25, 0.3) is 0 Å². The minimum atomic E-state index is -0.524. The molecule has 0 spiro atoms. The number of methoxy groups -OCH3 is 1. The second-order valence-corrected chi connectivity index (χ2v) is 5.76. The van der Waals surface area contributed by atoms with E-state index in [1.165, 1.54) is 12.8 Å².